The molecule has 3 aromatic rings. The van der Waals surface area contributed by atoms with Crippen LogP contribution in [0.3, 0.4) is 0 Å². The lowest BCUT2D eigenvalue weighted by Gasteiger charge is -2.28. The zero-order chi connectivity index (χ0) is 29.6. The first-order valence-electron chi connectivity index (χ1n) is 13.7. The second-order valence-corrected chi connectivity index (χ2v) is 11.8. The molecule has 216 valence electrons. The van der Waals surface area contributed by atoms with Gasteiger partial charge in [-0.25, -0.2) is 4.79 Å². The number of amides is 2. The number of carbonyl (C=O) groups excluding carboxylic acids is 3. The van der Waals surface area contributed by atoms with Crippen molar-refractivity contribution in [3.8, 4) is 6.07 Å². The summed E-state index contributed by atoms with van der Waals surface area (Å²) in [5, 5.41) is 20.2. The fourth-order valence-electron chi connectivity index (χ4n) is 5.16. The van der Waals surface area contributed by atoms with E-state index in [0.717, 1.165) is 47.9 Å². The van der Waals surface area contributed by atoms with E-state index in [1.54, 1.807) is 38.1 Å². The van der Waals surface area contributed by atoms with Crippen LogP contribution in [-0.4, -0.2) is 30.1 Å². The third-order valence-corrected chi connectivity index (χ3v) is 9.23. The number of thiophene rings is 1. The van der Waals surface area contributed by atoms with Gasteiger partial charge in [0.2, 0.25) is 5.91 Å². The summed E-state index contributed by atoms with van der Waals surface area (Å²) in [5.74, 6) is -1.46. The van der Waals surface area contributed by atoms with Gasteiger partial charge < -0.3 is 25.1 Å². The van der Waals surface area contributed by atoms with Crippen LogP contribution in [0.25, 0.3) is 0 Å². The lowest BCUT2D eigenvalue weighted by molar-refractivity contribution is -0.114. The van der Waals surface area contributed by atoms with E-state index in [4.69, 9.17) is 9.15 Å². The Morgan fingerprint density at radius 3 is 2.64 bits per heavy atom. The zero-order valence-corrected chi connectivity index (χ0v) is 24.9. The molecule has 2 amide bonds. The van der Waals surface area contributed by atoms with E-state index in [1.165, 1.54) is 17.6 Å². The quantitative estimate of drug-likeness (QED) is 0.250. The van der Waals surface area contributed by atoms with Crippen LogP contribution in [0, 0.1) is 11.3 Å². The number of nitrogens with one attached hydrogen (secondary N) is 3. The third kappa shape index (κ3) is 6.15. The fourth-order valence-corrected chi connectivity index (χ4v) is 7.35. The first-order chi connectivity index (χ1) is 20.4. The normalized spacial score (nSPS) is 16.3. The first kappa shape index (κ1) is 29.2. The molecule has 0 bridgehead atoms. The molecule has 0 radical (unpaired) electrons. The van der Waals surface area contributed by atoms with Crippen LogP contribution in [0.1, 0.15) is 59.2 Å². The Kier molecular flexibility index (Phi) is 9.15. The van der Waals surface area contributed by atoms with Crippen molar-refractivity contribution in [3.63, 3.8) is 0 Å². The van der Waals surface area contributed by atoms with E-state index in [9.17, 15) is 19.6 Å². The summed E-state index contributed by atoms with van der Waals surface area (Å²) < 4.78 is 11.0. The van der Waals surface area contributed by atoms with Crippen LogP contribution in [-0.2, 0) is 27.2 Å². The van der Waals surface area contributed by atoms with Gasteiger partial charge in [0, 0.05) is 16.3 Å². The van der Waals surface area contributed by atoms with Crippen LogP contribution in [0.15, 0.2) is 75.0 Å². The maximum Gasteiger partial charge on any atom is 0.341 e. The van der Waals surface area contributed by atoms with Crippen molar-refractivity contribution in [1.29, 1.82) is 5.26 Å². The number of furan rings is 1. The number of allylic oxidation sites excluding steroid dienone is 2. The molecule has 1 aliphatic heterocycles. The molecule has 1 aliphatic carbocycles. The summed E-state index contributed by atoms with van der Waals surface area (Å²) in [6, 6.07) is 14.7. The fraction of sp³-hybridized carbons (Fsp3) is 0.290. The molecule has 9 nitrogen and oxygen atoms in total. The molecule has 1 unspecified atom stereocenters. The van der Waals surface area contributed by atoms with Crippen molar-refractivity contribution in [1.82, 2.24) is 5.32 Å². The maximum absolute atomic E-state index is 13.4. The molecule has 5 rings (SSSR count). The molecule has 2 aromatic heterocycles. The number of para-hydroxylation sites is 1. The Morgan fingerprint density at radius 2 is 1.93 bits per heavy atom. The van der Waals surface area contributed by atoms with E-state index >= 15 is 0 Å². The Bertz CT molecular complexity index is 1600. The van der Waals surface area contributed by atoms with Gasteiger partial charge >= 0.3 is 5.97 Å². The minimum absolute atomic E-state index is 0.0257. The van der Waals surface area contributed by atoms with Gasteiger partial charge in [0.15, 0.2) is 0 Å². The van der Waals surface area contributed by atoms with Gasteiger partial charge in [-0.3, -0.25) is 9.59 Å². The highest BCUT2D eigenvalue weighted by atomic mass is 32.2. The number of carbonyl (C=O) groups is 3. The van der Waals surface area contributed by atoms with Crippen molar-refractivity contribution < 1.29 is 23.5 Å². The predicted octanol–water partition coefficient (Wildman–Crippen LogP) is 6.10. The van der Waals surface area contributed by atoms with Gasteiger partial charge in [-0.1, -0.05) is 30.0 Å². The summed E-state index contributed by atoms with van der Waals surface area (Å²) in [4.78, 5) is 40.5. The number of hydrogen-bond donors (Lipinski definition) is 3. The van der Waals surface area contributed by atoms with Gasteiger partial charge in [0.1, 0.15) is 10.8 Å². The molecule has 1 aromatic carbocycles. The van der Waals surface area contributed by atoms with Gasteiger partial charge in [-0.05, 0) is 69.4 Å². The molecule has 3 heterocycles. The number of nitriles is 1. The third-order valence-electron chi connectivity index (χ3n) is 7.00. The van der Waals surface area contributed by atoms with Gasteiger partial charge in [0.05, 0.1) is 52.3 Å². The summed E-state index contributed by atoms with van der Waals surface area (Å²) in [7, 11) is 0. The number of rotatable bonds is 9. The average Bonchev–Trinajstić information content (AvgIpc) is 3.64. The molecular formula is C31H30N4O5S2. The molecule has 1 atom stereocenters. The number of ether oxygens (including phenoxy) is 1. The van der Waals surface area contributed by atoms with E-state index in [1.807, 2.05) is 18.2 Å². The molecule has 0 saturated heterocycles. The van der Waals surface area contributed by atoms with Crippen LogP contribution in [0.2, 0.25) is 0 Å². The van der Waals surface area contributed by atoms with E-state index < -0.39 is 11.9 Å². The van der Waals surface area contributed by atoms with Crippen LogP contribution in [0.4, 0.5) is 10.7 Å². The average molecular weight is 603 g/mol. The number of esters is 1. The zero-order valence-electron chi connectivity index (χ0n) is 23.2. The van der Waals surface area contributed by atoms with Gasteiger partial charge in [-0.15, -0.1) is 11.3 Å². The number of anilines is 2. The number of fused-ring (bicyclic) bond motifs is 1. The minimum atomic E-state index is -0.764. The number of nitrogens with zero attached hydrogens (tertiary/aromatic N) is 1. The van der Waals surface area contributed by atoms with Crippen LogP contribution >= 0.6 is 23.1 Å². The molecule has 42 heavy (non-hydrogen) atoms. The summed E-state index contributed by atoms with van der Waals surface area (Å²) in [6.07, 6.45) is 5.19. The molecule has 0 saturated carbocycles. The van der Waals surface area contributed by atoms with Crippen molar-refractivity contribution in [2.24, 2.45) is 0 Å². The monoisotopic (exact) mass is 602 g/mol. The highest BCUT2D eigenvalue weighted by Gasteiger charge is 2.37. The Balaban J connectivity index is 1.37. The lowest BCUT2D eigenvalue weighted by atomic mass is 9.85. The number of dihydropyridines is 1. The topological polar surface area (TPSA) is 133 Å². The second-order valence-electron chi connectivity index (χ2n) is 9.76. The predicted molar refractivity (Wildman–Crippen MR) is 163 cm³/mol. The van der Waals surface area contributed by atoms with Crippen LogP contribution in [0.5, 0.6) is 0 Å². The van der Waals surface area contributed by atoms with Crippen LogP contribution < -0.4 is 16.0 Å². The van der Waals surface area contributed by atoms with E-state index in [-0.39, 0.29) is 29.7 Å². The smallest absolute Gasteiger partial charge is 0.341 e. The Hall–Kier alpha value is -4.27. The maximum atomic E-state index is 13.4. The van der Waals surface area contributed by atoms with Gasteiger partial charge in [0.25, 0.3) is 5.91 Å². The van der Waals surface area contributed by atoms with E-state index in [0.29, 0.717) is 38.3 Å². The Labute approximate surface area is 252 Å². The first-order valence-corrected chi connectivity index (χ1v) is 15.5. The minimum Gasteiger partial charge on any atom is -0.468 e. The number of benzene rings is 1. The molecule has 0 fully saturated rings. The molecular weight excluding hydrogens is 572 g/mol. The summed E-state index contributed by atoms with van der Waals surface area (Å²) in [5.41, 5.74) is 3.21. The molecule has 3 N–H and O–H groups in total. The van der Waals surface area contributed by atoms with Gasteiger partial charge in [-0.2, -0.15) is 5.26 Å². The number of aryl methyl sites for hydroxylation is 1. The van der Waals surface area contributed by atoms with Crippen molar-refractivity contribution in [2.45, 2.75) is 45.4 Å². The standard InChI is InChI=1S/C31H30N4O5S2/c1-3-39-31(38)27-20-12-7-8-14-23(20)42-30(27)35-24(36)17-41-29-21(16-32)26(22-13-9-15-40-22)25(18(2)33-29)28(37)34-19-10-5-4-6-11-19/h4-6,9-11,13,15,26,33H,3,7-8,12,14,17H2,1-2H3,(H,34,37)(H,35,36). The molecule has 11 heteroatoms. The van der Waals surface area contributed by atoms with Crippen molar-refractivity contribution >= 4 is 51.6 Å². The molecule has 0 spiro atoms. The largest absolute Gasteiger partial charge is 0.468 e. The van der Waals surface area contributed by atoms with Crippen molar-refractivity contribution in [2.75, 3.05) is 23.0 Å². The molecule has 2 aliphatic rings. The summed E-state index contributed by atoms with van der Waals surface area (Å²) in [6.45, 7) is 3.76. The Morgan fingerprint density at radius 1 is 1.14 bits per heavy atom. The lowest BCUT2D eigenvalue weighted by Crippen LogP contribution is -2.31. The summed E-state index contributed by atoms with van der Waals surface area (Å²) >= 11 is 2.58. The highest BCUT2D eigenvalue weighted by Crippen LogP contribution is 2.42. The highest BCUT2D eigenvalue weighted by molar-refractivity contribution is 8.03. The SMILES string of the molecule is CCOC(=O)c1c(NC(=O)CSC2=C(C#N)C(c3ccco3)C(C(=O)Nc3ccccc3)=C(C)N2)sc2c1CCCC2. The number of hydrogen-bond acceptors (Lipinski definition) is 9. The number of thioether (sulfide) groups is 1. The second kappa shape index (κ2) is 13.1. The van der Waals surface area contributed by atoms with E-state index in [2.05, 4.69) is 22.0 Å². The van der Waals surface area contributed by atoms with Crippen molar-refractivity contribution in [3.05, 3.63) is 92.4 Å².